The number of nitrogens with zero attached hydrogens (tertiary/aromatic N) is 2. The van der Waals surface area contributed by atoms with E-state index in [4.69, 9.17) is 0 Å². The Labute approximate surface area is 124 Å². The van der Waals surface area contributed by atoms with Gasteiger partial charge in [-0.2, -0.15) is 0 Å². The van der Waals surface area contributed by atoms with Crippen molar-refractivity contribution in [1.29, 1.82) is 0 Å². The molecule has 0 fully saturated rings. The van der Waals surface area contributed by atoms with Gasteiger partial charge in [0, 0.05) is 5.39 Å². The molecular formula is C15H10BrN3O. The fourth-order valence-corrected chi connectivity index (χ4v) is 2.07. The van der Waals surface area contributed by atoms with Crippen LogP contribution < -0.4 is 5.32 Å². The molecule has 1 aromatic carbocycles. The fourth-order valence-electron chi connectivity index (χ4n) is 1.84. The van der Waals surface area contributed by atoms with Gasteiger partial charge in [0.15, 0.2) is 0 Å². The van der Waals surface area contributed by atoms with Crippen molar-refractivity contribution in [2.45, 2.75) is 0 Å². The number of para-hydroxylation sites is 1. The molecule has 5 heteroatoms. The van der Waals surface area contributed by atoms with Crippen molar-refractivity contribution in [3.63, 3.8) is 0 Å². The second-order valence-corrected chi connectivity index (χ2v) is 5.03. The summed E-state index contributed by atoms with van der Waals surface area (Å²) in [4.78, 5) is 20.5. The maximum atomic E-state index is 12.1. The van der Waals surface area contributed by atoms with E-state index in [0.29, 0.717) is 11.4 Å². The number of amides is 1. The van der Waals surface area contributed by atoms with Crippen LogP contribution in [-0.2, 0) is 0 Å². The number of anilines is 1. The Balaban J connectivity index is 1.86. The summed E-state index contributed by atoms with van der Waals surface area (Å²) >= 11 is 3.25. The molecule has 3 rings (SSSR count). The van der Waals surface area contributed by atoms with Crippen molar-refractivity contribution in [1.82, 2.24) is 9.97 Å². The molecule has 20 heavy (non-hydrogen) atoms. The summed E-state index contributed by atoms with van der Waals surface area (Å²) in [6, 6.07) is 14.8. The third-order valence-electron chi connectivity index (χ3n) is 2.82. The molecule has 1 N–H and O–H groups in total. The van der Waals surface area contributed by atoms with Gasteiger partial charge in [0.2, 0.25) is 0 Å². The summed E-state index contributed by atoms with van der Waals surface area (Å²) in [5.74, 6) is -0.250. The lowest BCUT2D eigenvalue weighted by molar-refractivity contribution is 0.102. The van der Waals surface area contributed by atoms with Gasteiger partial charge in [0.25, 0.3) is 5.91 Å². The van der Waals surface area contributed by atoms with Crippen LogP contribution in [0.15, 0.2) is 59.3 Å². The average molecular weight is 328 g/mol. The van der Waals surface area contributed by atoms with Crippen LogP contribution in [0, 0.1) is 0 Å². The number of hydrogen-bond donors (Lipinski definition) is 1. The molecule has 2 aromatic heterocycles. The molecule has 98 valence electrons. The Kier molecular flexibility index (Phi) is 3.43. The smallest absolute Gasteiger partial charge is 0.274 e. The zero-order valence-corrected chi connectivity index (χ0v) is 12.0. The zero-order chi connectivity index (χ0) is 13.9. The van der Waals surface area contributed by atoms with Gasteiger partial charge in [-0.05, 0) is 40.2 Å². The summed E-state index contributed by atoms with van der Waals surface area (Å²) < 4.78 is 0.722. The summed E-state index contributed by atoms with van der Waals surface area (Å²) in [5, 5.41) is 3.77. The largest absolute Gasteiger partial charge is 0.319 e. The lowest BCUT2D eigenvalue weighted by Gasteiger charge is -2.05. The second-order valence-electron chi connectivity index (χ2n) is 4.21. The number of carbonyl (C=O) groups excluding carboxylic acids is 1. The van der Waals surface area contributed by atoms with Gasteiger partial charge in [-0.15, -0.1) is 0 Å². The second kappa shape index (κ2) is 5.38. The lowest BCUT2D eigenvalue weighted by atomic mass is 10.2. The summed E-state index contributed by atoms with van der Waals surface area (Å²) in [6.45, 7) is 0. The molecule has 1 amide bonds. The molecule has 0 aliphatic rings. The molecule has 0 aliphatic heterocycles. The van der Waals surface area contributed by atoms with Crippen LogP contribution >= 0.6 is 15.9 Å². The normalized spacial score (nSPS) is 10.4. The average Bonchev–Trinajstić information content (AvgIpc) is 2.49. The van der Waals surface area contributed by atoms with Crippen LogP contribution in [0.4, 0.5) is 5.69 Å². The van der Waals surface area contributed by atoms with Crippen molar-refractivity contribution in [3.05, 3.63) is 65.0 Å². The number of hydrogen-bond acceptors (Lipinski definition) is 3. The number of nitrogens with one attached hydrogen (secondary N) is 1. The highest BCUT2D eigenvalue weighted by Gasteiger charge is 2.08. The van der Waals surface area contributed by atoms with Crippen LogP contribution in [0.5, 0.6) is 0 Å². The minimum atomic E-state index is -0.250. The van der Waals surface area contributed by atoms with Crippen LogP contribution in [0.1, 0.15) is 10.5 Å². The van der Waals surface area contributed by atoms with Crippen molar-refractivity contribution in [2.75, 3.05) is 5.32 Å². The standard InChI is InChI=1S/C15H10BrN3O/c16-14-8-6-11(9-17-14)18-15(20)13-7-5-10-3-1-2-4-12(10)19-13/h1-9H,(H,18,20). The molecule has 0 unspecified atom stereocenters. The lowest BCUT2D eigenvalue weighted by Crippen LogP contribution is -2.13. The Morgan fingerprint density at radius 3 is 2.70 bits per heavy atom. The SMILES string of the molecule is O=C(Nc1ccc(Br)nc1)c1ccc2ccccc2n1. The van der Waals surface area contributed by atoms with Crippen molar-refractivity contribution < 1.29 is 4.79 Å². The minimum Gasteiger partial charge on any atom is -0.319 e. The molecule has 0 saturated carbocycles. The van der Waals surface area contributed by atoms with Gasteiger partial charge >= 0.3 is 0 Å². The molecule has 4 nitrogen and oxygen atoms in total. The third-order valence-corrected chi connectivity index (χ3v) is 3.29. The third kappa shape index (κ3) is 2.67. The van der Waals surface area contributed by atoms with E-state index in [1.165, 1.54) is 0 Å². The fraction of sp³-hybridized carbons (Fsp3) is 0. The van der Waals surface area contributed by atoms with Gasteiger partial charge in [-0.25, -0.2) is 9.97 Å². The van der Waals surface area contributed by atoms with E-state index in [9.17, 15) is 4.79 Å². The van der Waals surface area contributed by atoms with E-state index in [-0.39, 0.29) is 5.91 Å². The Hall–Kier alpha value is -2.27. The highest BCUT2D eigenvalue weighted by molar-refractivity contribution is 9.10. The predicted octanol–water partition coefficient (Wildman–Crippen LogP) is 3.64. The molecule has 0 saturated heterocycles. The van der Waals surface area contributed by atoms with Gasteiger partial charge < -0.3 is 5.32 Å². The first-order chi connectivity index (χ1) is 9.72. The maximum absolute atomic E-state index is 12.1. The number of carbonyl (C=O) groups is 1. The predicted molar refractivity (Wildman–Crippen MR) is 81.6 cm³/mol. The first-order valence-electron chi connectivity index (χ1n) is 6.01. The minimum absolute atomic E-state index is 0.250. The van der Waals surface area contributed by atoms with Crippen molar-refractivity contribution >= 4 is 38.4 Å². The molecule has 0 aliphatic carbocycles. The Bertz CT molecular complexity index is 771. The highest BCUT2D eigenvalue weighted by atomic mass is 79.9. The van der Waals surface area contributed by atoms with E-state index in [2.05, 4.69) is 31.2 Å². The maximum Gasteiger partial charge on any atom is 0.274 e. The molecule has 2 heterocycles. The first-order valence-corrected chi connectivity index (χ1v) is 6.80. The molecule has 0 radical (unpaired) electrons. The molecule has 0 atom stereocenters. The number of halogens is 1. The zero-order valence-electron chi connectivity index (χ0n) is 10.4. The van der Waals surface area contributed by atoms with Crippen molar-refractivity contribution in [2.24, 2.45) is 0 Å². The summed E-state index contributed by atoms with van der Waals surface area (Å²) in [6.07, 6.45) is 1.59. The van der Waals surface area contributed by atoms with E-state index >= 15 is 0 Å². The Morgan fingerprint density at radius 1 is 1.05 bits per heavy atom. The van der Waals surface area contributed by atoms with Crippen LogP contribution in [0.3, 0.4) is 0 Å². The number of aromatic nitrogens is 2. The summed E-state index contributed by atoms with van der Waals surface area (Å²) in [5.41, 5.74) is 1.81. The number of benzene rings is 1. The molecule has 0 bridgehead atoms. The Morgan fingerprint density at radius 2 is 1.90 bits per heavy atom. The van der Waals surface area contributed by atoms with E-state index in [1.807, 2.05) is 30.3 Å². The number of fused-ring (bicyclic) bond motifs is 1. The highest BCUT2D eigenvalue weighted by Crippen LogP contribution is 2.14. The van der Waals surface area contributed by atoms with Crippen LogP contribution in [0.2, 0.25) is 0 Å². The molecule has 3 aromatic rings. The van der Waals surface area contributed by atoms with Crippen LogP contribution in [-0.4, -0.2) is 15.9 Å². The quantitative estimate of drug-likeness (QED) is 0.731. The topological polar surface area (TPSA) is 54.9 Å². The van der Waals surface area contributed by atoms with E-state index in [1.54, 1.807) is 24.4 Å². The van der Waals surface area contributed by atoms with Crippen molar-refractivity contribution in [3.8, 4) is 0 Å². The summed E-state index contributed by atoms with van der Waals surface area (Å²) in [7, 11) is 0. The number of pyridine rings is 2. The van der Waals surface area contributed by atoms with Gasteiger partial charge in [0.1, 0.15) is 10.3 Å². The number of rotatable bonds is 2. The molecule has 0 spiro atoms. The van der Waals surface area contributed by atoms with E-state index < -0.39 is 0 Å². The van der Waals surface area contributed by atoms with Gasteiger partial charge in [-0.1, -0.05) is 24.3 Å². The monoisotopic (exact) mass is 327 g/mol. The van der Waals surface area contributed by atoms with Crippen LogP contribution in [0.25, 0.3) is 10.9 Å². The van der Waals surface area contributed by atoms with Gasteiger partial charge in [0.05, 0.1) is 17.4 Å². The van der Waals surface area contributed by atoms with E-state index in [0.717, 1.165) is 15.5 Å². The first kappa shape index (κ1) is 12.7. The molecular weight excluding hydrogens is 318 g/mol. The van der Waals surface area contributed by atoms with Gasteiger partial charge in [-0.3, -0.25) is 4.79 Å².